The fourth-order valence-electron chi connectivity index (χ4n) is 2.61. The van der Waals surface area contributed by atoms with Gasteiger partial charge in [0.15, 0.2) is 0 Å². The average Bonchev–Trinajstić information content (AvgIpc) is 2.69. The third-order valence-electron chi connectivity index (χ3n) is 4.03. The molecule has 0 saturated carbocycles. The molecule has 0 saturated heterocycles. The van der Waals surface area contributed by atoms with Crippen LogP contribution in [0.15, 0.2) is 83.3 Å². The van der Waals surface area contributed by atoms with E-state index in [-0.39, 0.29) is 11.8 Å². The van der Waals surface area contributed by atoms with Crippen molar-refractivity contribution in [2.45, 2.75) is 12.8 Å². The average molecular weight is 423 g/mol. The summed E-state index contributed by atoms with van der Waals surface area (Å²) >= 11 is 3.37. The summed E-state index contributed by atoms with van der Waals surface area (Å²) in [5.41, 5.74) is 3.07. The second-order valence-corrected chi connectivity index (χ2v) is 6.90. The van der Waals surface area contributed by atoms with Crippen molar-refractivity contribution in [2.24, 2.45) is 0 Å². The summed E-state index contributed by atoms with van der Waals surface area (Å²) in [7, 11) is 0. The first-order chi connectivity index (χ1) is 13.1. The van der Waals surface area contributed by atoms with Gasteiger partial charge < -0.3 is 10.6 Å². The van der Waals surface area contributed by atoms with Crippen LogP contribution in [0, 0.1) is 0 Å². The Morgan fingerprint density at radius 2 is 1.33 bits per heavy atom. The molecule has 0 unspecified atom stereocenters. The Labute approximate surface area is 166 Å². The molecule has 3 aromatic carbocycles. The van der Waals surface area contributed by atoms with Gasteiger partial charge in [-0.15, -0.1) is 0 Å². The van der Waals surface area contributed by atoms with E-state index in [2.05, 4.69) is 26.6 Å². The molecule has 0 heterocycles. The first-order valence-electron chi connectivity index (χ1n) is 8.61. The minimum Gasteiger partial charge on any atom is -0.326 e. The fraction of sp³-hybridized carbons (Fsp3) is 0.0909. The standard InChI is InChI=1S/C22H19BrN2O2/c23-20-9-5-4-8-19(20)22(27)25-18-13-11-17(12-14-18)24-21(26)15-10-16-6-2-1-3-7-16/h1-9,11-14H,10,15H2,(H,24,26)(H,25,27). The van der Waals surface area contributed by atoms with E-state index < -0.39 is 0 Å². The predicted octanol–water partition coefficient (Wildman–Crippen LogP) is 5.27. The minimum atomic E-state index is -0.192. The van der Waals surface area contributed by atoms with Crippen molar-refractivity contribution in [3.8, 4) is 0 Å². The molecular formula is C22H19BrN2O2. The lowest BCUT2D eigenvalue weighted by molar-refractivity contribution is -0.116. The Kier molecular flexibility index (Phi) is 6.39. The van der Waals surface area contributed by atoms with Gasteiger partial charge >= 0.3 is 0 Å². The molecule has 0 aliphatic rings. The van der Waals surface area contributed by atoms with Crippen LogP contribution >= 0.6 is 15.9 Å². The fourth-order valence-corrected chi connectivity index (χ4v) is 3.07. The van der Waals surface area contributed by atoms with Gasteiger partial charge in [-0.1, -0.05) is 42.5 Å². The van der Waals surface area contributed by atoms with E-state index in [0.29, 0.717) is 29.8 Å². The van der Waals surface area contributed by atoms with E-state index >= 15 is 0 Å². The molecule has 3 rings (SSSR count). The lowest BCUT2D eigenvalue weighted by Crippen LogP contribution is -2.13. The zero-order valence-electron chi connectivity index (χ0n) is 14.6. The number of nitrogens with one attached hydrogen (secondary N) is 2. The third-order valence-corrected chi connectivity index (χ3v) is 4.72. The van der Waals surface area contributed by atoms with Crippen LogP contribution in [0.25, 0.3) is 0 Å². The molecule has 27 heavy (non-hydrogen) atoms. The number of benzene rings is 3. The molecule has 0 bridgehead atoms. The highest BCUT2D eigenvalue weighted by Crippen LogP contribution is 2.19. The highest BCUT2D eigenvalue weighted by molar-refractivity contribution is 9.10. The van der Waals surface area contributed by atoms with Gasteiger partial charge in [-0.25, -0.2) is 0 Å². The first-order valence-corrected chi connectivity index (χ1v) is 9.41. The maximum absolute atomic E-state index is 12.3. The second-order valence-electron chi connectivity index (χ2n) is 6.05. The van der Waals surface area contributed by atoms with E-state index in [4.69, 9.17) is 0 Å². The molecule has 0 aromatic heterocycles. The van der Waals surface area contributed by atoms with Crippen LogP contribution in [-0.2, 0) is 11.2 Å². The van der Waals surface area contributed by atoms with Gasteiger partial charge in [0.05, 0.1) is 5.56 Å². The lowest BCUT2D eigenvalue weighted by Gasteiger charge is -2.09. The first kappa shape index (κ1) is 18.9. The minimum absolute atomic E-state index is 0.0381. The summed E-state index contributed by atoms with van der Waals surface area (Å²) in [6.07, 6.45) is 1.12. The van der Waals surface area contributed by atoms with Crippen molar-refractivity contribution >= 4 is 39.1 Å². The summed E-state index contributed by atoms with van der Waals surface area (Å²) in [5, 5.41) is 5.72. The summed E-state index contributed by atoms with van der Waals surface area (Å²) in [4.78, 5) is 24.4. The molecule has 2 amide bonds. The smallest absolute Gasteiger partial charge is 0.256 e. The second kappa shape index (κ2) is 9.14. The topological polar surface area (TPSA) is 58.2 Å². The Morgan fingerprint density at radius 3 is 2.00 bits per heavy atom. The van der Waals surface area contributed by atoms with Gasteiger partial charge in [-0.05, 0) is 64.3 Å². The molecule has 0 atom stereocenters. The number of carbonyl (C=O) groups is 2. The number of rotatable bonds is 6. The van der Waals surface area contributed by atoms with Crippen molar-refractivity contribution in [2.75, 3.05) is 10.6 Å². The van der Waals surface area contributed by atoms with Crippen molar-refractivity contribution < 1.29 is 9.59 Å². The molecule has 0 aliphatic carbocycles. The Morgan fingerprint density at radius 1 is 0.741 bits per heavy atom. The lowest BCUT2D eigenvalue weighted by atomic mass is 10.1. The molecule has 3 aromatic rings. The van der Waals surface area contributed by atoms with Crippen molar-refractivity contribution in [1.29, 1.82) is 0 Å². The molecule has 136 valence electrons. The summed E-state index contributed by atoms with van der Waals surface area (Å²) in [6, 6.07) is 24.2. The molecule has 0 radical (unpaired) electrons. The van der Waals surface area contributed by atoms with Crippen LogP contribution < -0.4 is 10.6 Å². The van der Waals surface area contributed by atoms with Gasteiger partial charge in [-0.2, -0.15) is 0 Å². The van der Waals surface area contributed by atoms with Gasteiger partial charge in [0, 0.05) is 22.3 Å². The number of anilines is 2. The number of aryl methyl sites for hydroxylation is 1. The SMILES string of the molecule is O=C(CCc1ccccc1)Nc1ccc(NC(=O)c2ccccc2Br)cc1. The summed E-state index contributed by atoms with van der Waals surface area (Å²) in [6.45, 7) is 0. The van der Waals surface area contributed by atoms with E-state index in [1.165, 1.54) is 0 Å². The van der Waals surface area contributed by atoms with Crippen molar-refractivity contribution in [1.82, 2.24) is 0 Å². The highest BCUT2D eigenvalue weighted by Gasteiger charge is 2.09. The van der Waals surface area contributed by atoms with Crippen LogP contribution in [0.4, 0.5) is 11.4 Å². The number of amides is 2. The zero-order valence-corrected chi connectivity index (χ0v) is 16.2. The normalized spacial score (nSPS) is 10.3. The van der Waals surface area contributed by atoms with Gasteiger partial charge in [0.2, 0.25) is 5.91 Å². The largest absolute Gasteiger partial charge is 0.326 e. The maximum atomic E-state index is 12.3. The van der Waals surface area contributed by atoms with E-state index in [9.17, 15) is 9.59 Å². The predicted molar refractivity (Wildman–Crippen MR) is 112 cm³/mol. The summed E-state index contributed by atoms with van der Waals surface area (Å²) < 4.78 is 0.741. The van der Waals surface area contributed by atoms with Crippen LogP contribution in [0.2, 0.25) is 0 Å². The molecule has 5 heteroatoms. The van der Waals surface area contributed by atoms with Crippen LogP contribution in [0.3, 0.4) is 0 Å². The monoisotopic (exact) mass is 422 g/mol. The molecule has 0 fully saturated rings. The highest BCUT2D eigenvalue weighted by atomic mass is 79.9. The van der Waals surface area contributed by atoms with E-state index in [0.717, 1.165) is 10.0 Å². The number of hydrogen-bond acceptors (Lipinski definition) is 2. The van der Waals surface area contributed by atoms with Crippen molar-refractivity contribution in [3.63, 3.8) is 0 Å². The molecule has 4 nitrogen and oxygen atoms in total. The molecular weight excluding hydrogens is 404 g/mol. The Hall–Kier alpha value is -2.92. The summed E-state index contributed by atoms with van der Waals surface area (Å²) in [5.74, 6) is -0.231. The van der Waals surface area contributed by atoms with E-state index in [1.807, 2.05) is 48.5 Å². The molecule has 0 aliphatic heterocycles. The molecule has 0 spiro atoms. The van der Waals surface area contributed by atoms with Crippen LogP contribution in [0.1, 0.15) is 22.3 Å². The Balaban J connectivity index is 1.53. The number of carbonyl (C=O) groups excluding carboxylic acids is 2. The number of halogens is 1. The van der Waals surface area contributed by atoms with E-state index in [1.54, 1.807) is 30.3 Å². The quantitative estimate of drug-likeness (QED) is 0.567. The Bertz CT molecular complexity index is 925. The van der Waals surface area contributed by atoms with Crippen LogP contribution in [0.5, 0.6) is 0 Å². The van der Waals surface area contributed by atoms with Gasteiger partial charge in [-0.3, -0.25) is 9.59 Å². The third kappa shape index (κ3) is 5.53. The molecule has 2 N–H and O–H groups in total. The number of hydrogen-bond donors (Lipinski definition) is 2. The van der Waals surface area contributed by atoms with Crippen molar-refractivity contribution in [3.05, 3.63) is 94.5 Å². The van der Waals surface area contributed by atoms with Gasteiger partial charge in [0.1, 0.15) is 0 Å². The maximum Gasteiger partial charge on any atom is 0.256 e. The zero-order chi connectivity index (χ0) is 19.1. The van der Waals surface area contributed by atoms with Gasteiger partial charge in [0.25, 0.3) is 5.91 Å². The van der Waals surface area contributed by atoms with Crippen LogP contribution in [-0.4, -0.2) is 11.8 Å².